The number of aryl methyl sites for hydroxylation is 2. The first-order chi connectivity index (χ1) is 4.83. The van der Waals surface area contributed by atoms with Crippen molar-refractivity contribution in [2.75, 3.05) is 0 Å². The van der Waals surface area contributed by atoms with Crippen LogP contribution < -0.4 is 0 Å². The summed E-state index contributed by atoms with van der Waals surface area (Å²) in [6.07, 6.45) is 1.54. The number of nitriles is 1. The number of rotatable bonds is 2. The molecule has 0 aliphatic heterocycles. The van der Waals surface area contributed by atoms with Gasteiger partial charge in [-0.15, -0.1) is 11.3 Å². The summed E-state index contributed by atoms with van der Waals surface area (Å²) in [6, 6.07) is 4.27. The first-order valence-electron chi connectivity index (χ1n) is 3.24. The second-order valence-electron chi connectivity index (χ2n) is 2.22. The van der Waals surface area contributed by atoms with Crippen molar-refractivity contribution >= 4 is 11.3 Å². The highest BCUT2D eigenvalue weighted by atomic mass is 32.1. The lowest BCUT2D eigenvalue weighted by atomic mass is 10.2. The lowest BCUT2D eigenvalue weighted by molar-refractivity contribution is 1.02. The predicted octanol–water partition coefficient (Wildman–Crippen LogP) is 2.51. The van der Waals surface area contributed by atoms with Crippen LogP contribution in [0.1, 0.15) is 16.9 Å². The normalized spacial score (nSPS) is 9.20. The molecular formula is C8H9NS. The Labute approximate surface area is 64.9 Å². The molecule has 0 unspecified atom stereocenters. The van der Waals surface area contributed by atoms with Gasteiger partial charge in [0.25, 0.3) is 0 Å². The fourth-order valence-corrected chi connectivity index (χ4v) is 1.57. The van der Waals surface area contributed by atoms with Gasteiger partial charge in [0.05, 0.1) is 6.07 Å². The Morgan fingerprint density at radius 2 is 2.50 bits per heavy atom. The first-order valence-corrected chi connectivity index (χ1v) is 4.12. The van der Waals surface area contributed by atoms with Crippen molar-refractivity contribution in [1.82, 2.24) is 0 Å². The van der Waals surface area contributed by atoms with Crippen LogP contribution in [0.15, 0.2) is 11.4 Å². The smallest absolute Gasteiger partial charge is 0.0625 e. The topological polar surface area (TPSA) is 23.8 Å². The van der Waals surface area contributed by atoms with Gasteiger partial charge in [0.1, 0.15) is 0 Å². The molecule has 0 aromatic carbocycles. The largest absolute Gasteiger partial charge is 0.198 e. The Morgan fingerprint density at radius 3 is 3.00 bits per heavy atom. The van der Waals surface area contributed by atoms with Crippen LogP contribution in [0.5, 0.6) is 0 Å². The lowest BCUT2D eigenvalue weighted by Gasteiger charge is -1.85. The summed E-state index contributed by atoms with van der Waals surface area (Å²) >= 11 is 1.75. The zero-order chi connectivity index (χ0) is 7.40. The van der Waals surface area contributed by atoms with E-state index in [0.29, 0.717) is 6.42 Å². The molecule has 0 spiro atoms. The summed E-state index contributed by atoms with van der Waals surface area (Å²) in [6.45, 7) is 2.08. The number of hydrogen-bond donors (Lipinski definition) is 0. The maximum Gasteiger partial charge on any atom is 0.0625 e. The number of thiophene rings is 1. The number of nitrogens with zero attached hydrogens (tertiary/aromatic N) is 1. The van der Waals surface area contributed by atoms with Crippen LogP contribution in [0.3, 0.4) is 0 Å². The molecule has 0 saturated heterocycles. The third-order valence-electron chi connectivity index (χ3n) is 1.31. The Balaban J connectivity index is 2.52. The van der Waals surface area contributed by atoms with E-state index in [1.165, 1.54) is 10.4 Å². The molecule has 0 N–H and O–H groups in total. The highest BCUT2D eigenvalue weighted by Crippen LogP contribution is 2.13. The van der Waals surface area contributed by atoms with Gasteiger partial charge in [0.2, 0.25) is 0 Å². The fraction of sp³-hybridized carbons (Fsp3) is 0.375. The predicted molar refractivity (Wildman–Crippen MR) is 43.0 cm³/mol. The van der Waals surface area contributed by atoms with Gasteiger partial charge in [-0.05, 0) is 30.4 Å². The third kappa shape index (κ3) is 1.85. The molecule has 10 heavy (non-hydrogen) atoms. The summed E-state index contributed by atoms with van der Waals surface area (Å²) in [7, 11) is 0. The van der Waals surface area contributed by atoms with E-state index in [-0.39, 0.29) is 0 Å². The van der Waals surface area contributed by atoms with E-state index in [1.807, 2.05) is 0 Å². The Kier molecular flexibility index (Phi) is 2.47. The summed E-state index contributed by atoms with van der Waals surface area (Å²) in [4.78, 5) is 1.33. The molecule has 0 atom stereocenters. The zero-order valence-corrected chi connectivity index (χ0v) is 6.74. The van der Waals surface area contributed by atoms with Gasteiger partial charge in [-0.1, -0.05) is 0 Å². The van der Waals surface area contributed by atoms with Crippen molar-refractivity contribution in [3.8, 4) is 6.07 Å². The maximum atomic E-state index is 8.29. The average Bonchev–Trinajstić information content (AvgIpc) is 2.31. The minimum absolute atomic E-state index is 0.635. The van der Waals surface area contributed by atoms with Gasteiger partial charge in [-0.2, -0.15) is 5.26 Å². The summed E-state index contributed by atoms with van der Waals surface area (Å²) < 4.78 is 0. The van der Waals surface area contributed by atoms with Crippen molar-refractivity contribution in [3.63, 3.8) is 0 Å². The molecule has 1 aromatic heterocycles. The monoisotopic (exact) mass is 151 g/mol. The van der Waals surface area contributed by atoms with Crippen molar-refractivity contribution < 1.29 is 0 Å². The summed E-state index contributed by atoms with van der Waals surface area (Å²) in [5.41, 5.74) is 1.30. The van der Waals surface area contributed by atoms with Crippen molar-refractivity contribution in [1.29, 1.82) is 5.26 Å². The minimum atomic E-state index is 0.635. The third-order valence-corrected chi connectivity index (χ3v) is 2.22. The van der Waals surface area contributed by atoms with Crippen LogP contribution in [-0.2, 0) is 6.42 Å². The molecule has 52 valence electrons. The van der Waals surface area contributed by atoms with Crippen LogP contribution in [-0.4, -0.2) is 0 Å². The van der Waals surface area contributed by atoms with Crippen molar-refractivity contribution in [3.05, 3.63) is 21.9 Å². The molecule has 2 heteroatoms. The van der Waals surface area contributed by atoms with Crippen LogP contribution in [0, 0.1) is 18.3 Å². The minimum Gasteiger partial charge on any atom is -0.198 e. The quantitative estimate of drug-likeness (QED) is 0.637. The van der Waals surface area contributed by atoms with Crippen LogP contribution in [0.25, 0.3) is 0 Å². The molecule has 0 amide bonds. The SMILES string of the molecule is Cc1cc(CCC#N)cs1. The standard InChI is InChI=1S/C8H9NS/c1-7-5-8(6-10-7)3-2-4-9/h5-6H,2-3H2,1H3. The molecule has 0 saturated carbocycles. The Bertz CT molecular complexity index is 244. The van der Waals surface area contributed by atoms with Crippen LogP contribution in [0.4, 0.5) is 0 Å². The molecule has 0 radical (unpaired) electrons. The molecule has 1 nitrogen and oxygen atoms in total. The van der Waals surface area contributed by atoms with Crippen molar-refractivity contribution in [2.45, 2.75) is 19.8 Å². The molecular weight excluding hydrogens is 142 g/mol. The second kappa shape index (κ2) is 3.38. The zero-order valence-electron chi connectivity index (χ0n) is 5.92. The van der Waals surface area contributed by atoms with Gasteiger partial charge in [-0.3, -0.25) is 0 Å². The van der Waals surface area contributed by atoms with Crippen molar-refractivity contribution in [2.24, 2.45) is 0 Å². The molecule has 0 aliphatic carbocycles. The fourth-order valence-electron chi connectivity index (χ4n) is 0.829. The van der Waals surface area contributed by atoms with Crippen LogP contribution in [0.2, 0.25) is 0 Å². The molecule has 1 rings (SSSR count). The molecule has 1 heterocycles. The van der Waals surface area contributed by atoms with Gasteiger partial charge in [0, 0.05) is 11.3 Å². The summed E-state index contributed by atoms with van der Waals surface area (Å²) in [5.74, 6) is 0. The van der Waals surface area contributed by atoms with Gasteiger partial charge >= 0.3 is 0 Å². The molecule has 1 aromatic rings. The number of hydrogen-bond acceptors (Lipinski definition) is 2. The highest BCUT2D eigenvalue weighted by molar-refractivity contribution is 7.10. The van der Waals surface area contributed by atoms with E-state index in [1.54, 1.807) is 11.3 Å². The maximum absolute atomic E-state index is 8.29. The van der Waals surface area contributed by atoms with E-state index in [2.05, 4.69) is 24.4 Å². The lowest BCUT2D eigenvalue weighted by Crippen LogP contribution is -1.76. The highest BCUT2D eigenvalue weighted by Gasteiger charge is 1.93. The first kappa shape index (κ1) is 7.30. The molecule has 0 aliphatic rings. The molecule has 0 bridgehead atoms. The van der Waals surface area contributed by atoms with Gasteiger partial charge in [-0.25, -0.2) is 0 Å². The van der Waals surface area contributed by atoms with Crippen LogP contribution >= 0.6 is 11.3 Å². The van der Waals surface area contributed by atoms with Gasteiger partial charge in [0.15, 0.2) is 0 Å². The van der Waals surface area contributed by atoms with E-state index in [4.69, 9.17) is 5.26 Å². The Hall–Kier alpha value is -0.810. The van der Waals surface area contributed by atoms with E-state index < -0.39 is 0 Å². The summed E-state index contributed by atoms with van der Waals surface area (Å²) in [5, 5.41) is 10.4. The van der Waals surface area contributed by atoms with Gasteiger partial charge < -0.3 is 0 Å². The average molecular weight is 151 g/mol. The van der Waals surface area contributed by atoms with E-state index in [0.717, 1.165) is 6.42 Å². The molecule has 0 fully saturated rings. The van der Waals surface area contributed by atoms with E-state index >= 15 is 0 Å². The Morgan fingerprint density at radius 1 is 1.70 bits per heavy atom. The second-order valence-corrected chi connectivity index (χ2v) is 3.34. The van der Waals surface area contributed by atoms with E-state index in [9.17, 15) is 0 Å².